The van der Waals surface area contributed by atoms with Crippen LogP contribution in [-0.2, 0) is 0 Å². The number of ketones is 1. The third-order valence-corrected chi connectivity index (χ3v) is 3.09. The number of anilines is 1. The second-order valence-corrected chi connectivity index (χ2v) is 4.96. The van der Waals surface area contributed by atoms with E-state index in [-0.39, 0.29) is 10.9 Å². The summed E-state index contributed by atoms with van der Waals surface area (Å²) in [6.45, 7) is 1.48. The summed E-state index contributed by atoms with van der Waals surface area (Å²) in [5, 5.41) is 5.44. The molecule has 4 nitrogen and oxygen atoms in total. The zero-order chi connectivity index (χ0) is 16.1. The normalized spacial score (nSPS) is 9.91. The number of hydrogen-bond acceptors (Lipinski definition) is 3. The molecule has 0 atom stereocenters. The van der Waals surface area contributed by atoms with Gasteiger partial charge in [-0.25, -0.2) is 4.39 Å². The SMILES string of the molecule is CC(=O)c1ccc(NC(=S)NC(=O)c2ccc(F)cc2)cc1. The highest BCUT2D eigenvalue weighted by atomic mass is 32.1. The fourth-order valence-corrected chi connectivity index (χ4v) is 1.94. The number of thiocarbonyl (C=S) groups is 1. The van der Waals surface area contributed by atoms with Crippen molar-refractivity contribution in [3.8, 4) is 0 Å². The quantitative estimate of drug-likeness (QED) is 0.674. The van der Waals surface area contributed by atoms with Gasteiger partial charge in [-0.15, -0.1) is 0 Å². The Hall–Kier alpha value is -2.60. The molecule has 22 heavy (non-hydrogen) atoms. The van der Waals surface area contributed by atoms with E-state index in [9.17, 15) is 14.0 Å². The molecular weight excluding hydrogens is 303 g/mol. The summed E-state index contributed by atoms with van der Waals surface area (Å²) in [5.74, 6) is -0.876. The van der Waals surface area contributed by atoms with Crippen LogP contribution < -0.4 is 10.6 Å². The Morgan fingerprint density at radius 3 is 2.05 bits per heavy atom. The van der Waals surface area contributed by atoms with Gasteiger partial charge in [-0.05, 0) is 67.7 Å². The zero-order valence-electron chi connectivity index (χ0n) is 11.7. The molecule has 2 rings (SSSR count). The minimum absolute atomic E-state index is 0.0289. The molecule has 1 amide bonds. The van der Waals surface area contributed by atoms with Gasteiger partial charge in [-0.3, -0.25) is 14.9 Å². The smallest absolute Gasteiger partial charge is 0.257 e. The van der Waals surface area contributed by atoms with Crippen LogP contribution in [0.1, 0.15) is 27.6 Å². The second kappa shape index (κ2) is 6.91. The van der Waals surface area contributed by atoms with Crippen molar-refractivity contribution in [2.24, 2.45) is 0 Å². The van der Waals surface area contributed by atoms with Crippen LogP contribution in [-0.4, -0.2) is 16.8 Å². The van der Waals surface area contributed by atoms with Gasteiger partial charge in [0.05, 0.1) is 0 Å². The molecule has 0 spiro atoms. The fraction of sp³-hybridized carbons (Fsp3) is 0.0625. The van der Waals surface area contributed by atoms with Gasteiger partial charge in [-0.2, -0.15) is 0 Å². The molecule has 2 aromatic rings. The second-order valence-electron chi connectivity index (χ2n) is 4.55. The maximum Gasteiger partial charge on any atom is 0.257 e. The van der Waals surface area contributed by atoms with Gasteiger partial charge in [0.25, 0.3) is 5.91 Å². The molecule has 6 heteroatoms. The molecule has 0 heterocycles. The van der Waals surface area contributed by atoms with Crippen LogP contribution in [0.2, 0.25) is 0 Å². The molecule has 112 valence electrons. The fourth-order valence-electron chi connectivity index (χ4n) is 1.73. The average molecular weight is 316 g/mol. The van der Waals surface area contributed by atoms with Crippen molar-refractivity contribution in [2.45, 2.75) is 6.92 Å². The minimum Gasteiger partial charge on any atom is -0.332 e. The van der Waals surface area contributed by atoms with E-state index < -0.39 is 11.7 Å². The largest absolute Gasteiger partial charge is 0.332 e. The van der Waals surface area contributed by atoms with E-state index in [1.54, 1.807) is 24.3 Å². The summed E-state index contributed by atoms with van der Waals surface area (Å²) in [4.78, 5) is 23.1. The van der Waals surface area contributed by atoms with Crippen molar-refractivity contribution < 1.29 is 14.0 Å². The Morgan fingerprint density at radius 2 is 1.50 bits per heavy atom. The van der Waals surface area contributed by atoms with E-state index in [4.69, 9.17) is 12.2 Å². The number of carbonyl (C=O) groups is 2. The van der Waals surface area contributed by atoms with E-state index in [1.807, 2.05) is 0 Å². The van der Waals surface area contributed by atoms with Gasteiger partial charge >= 0.3 is 0 Å². The van der Waals surface area contributed by atoms with Crippen molar-refractivity contribution in [3.63, 3.8) is 0 Å². The van der Waals surface area contributed by atoms with E-state index in [1.165, 1.54) is 31.2 Å². The molecule has 0 aliphatic heterocycles. The predicted octanol–water partition coefficient (Wildman–Crippen LogP) is 3.16. The third-order valence-electron chi connectivity index (χ3n) is 2.88. The van der Waals surface area contributed by atoms with Crippen LogP contribution in [0.15, 0.2) is 48.5 Å². The molecule has 2 N–H and O–H groups in total. The summed E-state index contributed by atoms with van der Waals surface area (Å²) in [5.41, 5.74) is 1.54. The van der Waals surface area contributed by atoms with Crippen molar-refractivity contribution in [1.29, 1.82) is 0 Å². The first-order valence-electron chi connectivity index (χ1n) is 6.44. The number of halogens is 1. The molecule has 0 fully saturated rings. The number of Topliss-reactive ketones (excluding diaryl/α,β-unsaturated/α-hetero) is 1. The summed E-state index contributed by atoms with van der Waals surface area (Å²) in [7, 11) is 0. The highest BCUT2D eigenvalue weighted by molar-refractivity contribution is 7.80. The van der Waals surface area contributed by atoms with Gasteiger partial charge in [0, 0.05) is 16.8 Å². The lowest BCUT2D eigenvalue weighted by atomic mass is 10.1. The summed E-state index contributed by atoms with van der Waals surface area (Å²) < 4.78 is 12.8. The first-order valence-corrected chi connectivity index (χ1v) is 6.85. The van der Waals surface area contributed by atoms with Gasteiger partial charge in [0.2, 0.25) is 0 Å². The van der Waals surface area contributed by atoms with Gasteiger partial charge in [0.15, 0.2) is 10.9 Å². The lowest BCUT2D eigenvalue weighted by Gasteiger charge is -2.10. The average Bonchev–Trinajstić information content (AvgIpc) is 2.48. The van der Waals surface area contributed by atoms with Crippen LogP contribution in [0.5, 0.6) is 0 Å². The molecular formula is C16H13FN2O2S. The van der Waals surface area contributed by atoms with Crippen LogP contribution in [0.25, 0.3) is 0 Å². The Labute approximate surface area is 132 Å². The molecule has 0 aliphatic carbocycles. The van der Waals surface area contributed by atoms with Gasteiger partial charge in [-0.1, -0.05) is 0 Å². The highest BCUT2D eigenvalue weighted by Gasteiger charge is 2.08. The monoisotopic (exact) mass is 316 g/mol. The first kappa shape index (κ1) is 15.8. The van der Waals surface area contributed by atoms with Crippen LogP contribution in [0.4, 0.5) is 10.1 Å². The number of benzene rings is 2. The van der Waals surface area contributed by atoms with Crippen molar-refractivity contribution in [2.75, 3.05) is 5.32 Å². The van der Waals surface area contributed by atoms with E-state index in [2.05, 4.69) is 10.6 Å². The third kappa shape index (κ3) is 4.20. The summed E-state index contributed by atoms with van der Waals surface area (Å²) in [6, 6.07) is 11.8. The molecule has 0 bridgehead atoms. The predicted molar refractivity (Wildman–Crippen MR) is 86.5 cm³/mol. The topological polar surface area (TPSA) is 58.2 Å². The van der Waals surface area contributed by atoms with E-state index >= 15 is 0 Å². The number of hydrogen-bond donors (Lipinski definition) is 2. The maximum atomic E-state index is 12.8. The number of rotatable bonds is 3. The lowest BCUT2D eigenvalue weighted by Crippen LogP contribution is -2.34. The summed E-state index contributed by atoms with van der Waals surface area (Å²) >= 11 is 5.04. The molecule has 0 radical (unpaired) electrons. The van der Waals surface area contributed by atoms with Crippen molar-refractivity contribution >= 4 is 34.7 Å². The number of amides is 1. The van der Waals surface area contributed by atoms with Crippen LogP contribution >= 0.6 is 12.2 Å². The minimum atomic E-state index is -0.433. The molecule has 0 saturated heterocycles. The molecule has 2 aromatic carbocycles. The molecule has 0 unspecified atom stereocenters. The maximum absolute atomic E-state index is 12.8. The Bertz CT molecular complexity index is 712. The van der Waals surface area contributed by atoms with Crippen molar-refractivity contribution in [3.05, 3.63) is 65.5 Å². The van der Waals surface area contributed by atoms with Crippen LogP contribution in [0.3, 0.4) is 0 Å². The van der Waals surface area contributed by atoms with Crippen molar-refractivity contribution in [1.82, 2.24) is 5.32 Å². The Balaban J connectivity index is 1.96. The number of carbonyl (C=O) groups excluding carboxylic acids is 2. The standard InChI is InChI=1S/C16H13FN2O2S/c1-10(20)11-4-8-14(9-5-11)18-16(22)19-15(21)12-2-6-13(17)7-3-12/h2-9H,1H3,(H2,18,19,21,22). The lowest BCUT2D eigenvalue weighted by molar-refractivity contribution is 0.0976. The van der Waals surface area contributed by atoms with E-state index in [0.29, 0.717) is 16.8 Å². The van der Waals surface area contributed by atoms with Gasteiger partial charge < -0.3 is 5.32 Å². The Kier molecular flexibility index (Phi) is 4.95. The molecule has 0 aliphatic rings. The first-order chi connectivity index (χ1) is 10.5. The molecule has 0 saturated carbocycles. The summed E-state index contributed by atoms with van der Waals surface area (Å²) in [6.07, 6.45) is 0. The van der Waals surface area contributed by atoms with Crippen LogP contribution in [0, 0.1) is 5.82 Å². The molecule has 0 aromatic heterocycles. The Morgan fingerprint density at radius 1 is 0.955 bits per heavy atom. The number of nitrogens with one attached hydrogen (secondary N) is 2. The highest BCUT2D eigenvalue weighted by Crippen LogP contribution is 2.10. The van der Waals surface area contributed by atoms with Gasteiger partial charge in [0.1, 0.15) is 5.82 Å². The van der Waals surface area contributed by atoms with E-state index in [0.717, 1.165) is 0 Å². The zero-order valence-corrected chi connectivity index (χ0v) is 12.5.